The molecular formula is C38H23F17N2O10. The number of aromatic hydroxyl groups is 2. The number of nitrogens with one attached hydrogen (secondary N) is 1. The van der Waals surface area contributed by atoms with Crippen LogP contribution in [0.5, 0.6) is 23.0 Å². The molecule has 0 aromatic heterocycles. The molecule has 364 valence electrons. The van der Waals surface area contributed by atoms with Crippen LogP contribution in [-0.2, 0) is 29.6 Å². The Morgan fingerprint density at radius 2 is 1.12 bits per heavy atom. The molecule has 3 aliphatic rings. The number of fused-ring (bicyclic) bond motifs is 6. The van der Waals surface area contributed by atoms with Gasteiger partial charge in [-0.05, 0) is 42.8 Å². The maximum absolute atomic E-state index is 14.9. The molecule has 1 spiro atoms. The molecule has 3 aliphatic heterocycles. The first-order chi connectivity index (χ1) is 30.5. The van der Waals surface area contributed by atoms with Gasteiger partial charge in [-0.15, -0.1) is 5.06 Å². The molecule has 3 amide bonds. The van der Waals surface area contributed by atoms with Crippen molar-refractivity contribution in [3.05, 3.63) is 82.4 Å². The van der Waals surface area contributed by atoms with Crippen molar-refractivity contribution in [2.24, 2.45) is 5.92 Å². The lowest BCUT2D eigenvalue weighted by atomic mass is 9.77. The van der Waals surface area contributed by atoms with E-state index in [0.717, 1.165) is 30.3 Å². The lowest BCUT2D eigenvalue weighted by Crippen LogP contribution is -2.74. The highest BCUT2D eigenvalue weighted by atomic mass is 19.4. The molecule has 12 nitrogen and oxygen atoms in total. The zero-order chi connectivity index (χ0) is 50.5. The zero-order valence-corrected chi connectivity index (χ0v) is 32.3. The van der Waals surface area contributed by atoms with Crippen molar-refractivity contribution in [1.82, 2.24) is 10.4 Å². The molecule has 0 saturated carbocycles. The number of hydrogen-bond donors (Lipinski definition) is 3. The number of amides is 3. The molecular weight excluding hydrogens is 967 g/mol. The summed E-state index contributed by atoms with van der Waals surface area (Å²) >= 11 is 0. The van der Waals surface area contributed by atoms with E-state index in [1.54, 1.807) is 0 Å². The van der Waals surface area contributed by atoms with E-state index in [4.69, 9.17) is 9.47 Å². The molecule has 3 heterocycles. The molecule has 0 bridgehead atoms. The summed E-state index contributed by atoms with van der Waals surface area (Å²) in [5.74, 6) is -69.3. The van der Waals surface area contributed by atoms with Crippen molar-refractivity contribution in [3.63, 3.8) is 0 Å². The highest BCUT2D eigenvalue weighted by Gasteiger charge is 2.95. The monoisotopic (exact) mass is 990 g/mol. The van der Waals surface area contributed by atoms with Crippen LogP contribution in [0.1, 0.15) is 63.1 Å². The minimum absolute atomic E-state index is 0.0151. The number of rotatable bonds is 14. The minimum atomic E-state index is -8.88. The van der Waals surface area contributed by atoms with Gasteiger partial charge in [0.15, 0.2) is 5.60 Å². The summed E-state index contributed by atoms with van der Waals surface area (Å²) in [6.45, 7) is -1.50. The Morgan fingerprint density at radius 3 is 1.61 bits per heavy atom. The van der Waals surface area contributed by atoms with Crippen LogP contribution in [0, 0.1) is 5.92 Å². The number of imide groups is 1. The van der Waals surface area contributed by atoms with Gasteiger partial charge < -0.3 is 29.8 Å². The summed E-state index contributed by atoms with van der Waals surface area (Å²) in [7, 11) is 0. The van der Waals surface area contributed by atoms with Crippen molar-refractivity contribution in [2.45, 2.75) is 78.9 Å². The fraction of sp³-hybridized carbons (Fsp3) is 0.395. The molecule has 1 fully saturated rings. The first kappa shape index (κ1) is 49.8. The van der Waals surface area contributed by atoms with Gasteiger partial charge in [0.05, 0.1) is 11.5 Å². The van der Waals surface area contributed by atoms with Crippen molar-refractivity contribution >= 4 is 29.7 Å². The van der Waals surface area contributed by atoms with Gasteiger partial charge in [0.2, 0.25) is 0 Å². The van der Waals surface area contributed by atoms with Gasteiger partial charge in [-0.2, -0.15) is 74.6 Å². The van der Waals surface area contributed by atoms with Gasteiger partial charge in [-0.25, -0.2) is 9.59 Å². The predicted octanol–water partition coefficient (Wildman–Crippen LogP) is 8.41. The van der Waals surface area contributed by atoms with Crippen molar-refractivity contribution in [1.29, 1.82) is 0 Å². The second-order valence-electron chi connectivity index (χ2n) is 14.9. The second-order valence-corrected chi connectivity index (χ2v) is 14.9. The first-order valence-electron chi connectivity index (χ1n) is 18.3. The van der Waals surface area contributed by atoms with Crippen molar-refractivity contribution in [3.8, 4) is 23.0 Å². The van der Waals surface area contributed by atoms with E-state index in [1.165, 1.54) is 24.3 Å². The van der Waals surface area contributed by atoms with Crippen LogP contribution in [0.15, 0.2) is 54.6 Å². The lowest BCUT2D eigenvalue weighted by molar-refractivity contribution is -0.461. The third kappa shape index (κ3) is 7.43. The van der Waals surface area contributed by atoms with E-state index in [0.29, 0.717) is 0 Å². The zero-order valence-electron chi connectivity index (χ0n) is 32.3. The standard InChI is InChI=1S/C38H23F17N2O10/c39-30(40,32(41,42)33(43,44)34(45,46)35(47,48)36(49,50)37(51,52)38(53,54)55)10-9-16(28(63)67-57-25(60)7-8-26(57)61)14-56-27(62)15-1-4-20-19(11-15)29(64)66-31(20)21-5-2-17(58)12-23(21)65-24-13-18(59)3-6-22(24)31/h1-6,11-13,16,58-59H,7-10,14H2,(H,56,62). The number of nitrogens with zero attached hydrogens (tertiary/aromatic N) is 1. The summed E-state index contributed by atoms with van der Waals surface area (Å²) < 4.78 is 247. The Kier molecular flexibility index (Phi) is 11.7. The average Bonchev–Trinajstić information content (AvgIpc) is 3.69. The molecule has 0 radical (unpaired) electrons. The van der Waals surface area contributed by atoms with Crippen molar-refractivity contribution < 1.29 is 123 Å². The number of carbonyl (C=O) groups is 5. The number of alkyl halides is 17. The summed E-state index contributed by atoms with van der Waals surface area (Å²) in [6, 6.07) is 10.1. The second kappa shape index (κ2) is 15.8. The van der Waals surface area contributed by atoms with E-state index < -0.39 is 127 Å². The van der Waals surface area contributed by atoms with Crippen LogP contribution in [0.25, 0.3) is 0 Å². The number of benzene rings is 3. The number of phenols is 2. The van der Waals surface area contributed by atoms with Crippen LogP contribution in [0.4, 0.5) is 74.6 Å². The summed E-state index contributed by atoms with van der Waals surface area (Å²) in [5, 5.41) is 21.7. The van der Waals surface area contributed by atoms with Crippen LogP contribution in [0.2, 0.25) is 0 Å². The van der Waals surface area contributed by atoms with E-state index >= 15 is 0 Å². The molecule has 67 heavy (non-hydrogen) atoms. The number of carbonyl (C=O) groups excluding carboxylic acids is 5. The number of esters is 1. The van der Waals surface area contributed by atoms with Crippen molar-refractivity contribution in [2.75, 3.05) is 6.54 Å². The number of hydroxylamine groups is 2. The van der Waals surface area contributed by atoms with E-state index in [-0.39, 0.29) is 50.3 Å². The molecule has 1 unspecified atom stereocenters. The maximum atomic E-state index is 14.9. The third-order valence-corrected chi connectivity index (χ3v) is 10.7. The van der Waals surface area contributed by atoms with Gasteiger partial charge >= 0.3 is 59.6 Å². The van der Waals surface area contributed by atoms with Gasteiger partial charge in [0.25, 0.3) is 17.7 Å². The predicted molar refractivity (Wildman–Crippen MR) is 181 cm³/mol. The number of halogens is 17. The fourth-order valence-electron chi connectivity index (χ4n) is 7.00. The normalized spacial score (nSPS) is 17.1. The average molecular weight is 991 g/mol. The summed E-state index contributed by atoms with van der Waals surface area (Å²) in [4.78, 5) is 68.3. The lowest BCUT2D eigenvalue weighted by Gasteiger charge is -2.43. The molecule has 1 saturated heterocycles. The third-order valence-electron chi connectivity index (χ3n) is 10.7. The van der Waals surface area contributed by atoms with Gasteiger partial charge in [-0.1, -0.05) is 6.07 Å². The number of ether oxygens (including phenoxy) is 2. The van der Waals surface area contributed by atoms with E-state index in [9.17, 15) is 109 Å². The molecule has 3 N–H and O–H groups in total. The Hall–Kier alpha value is -6.58. The Balaban J connectivity index is 1.28. The van der Waals surface area contributed by atoms with E-state index in [1.807, 2.05) is 5.32 Å². The number of hydrogen-bond acceptors (Lipinski definition) is 10. The molecule has 29 heteroatoms. The quantitative estimate of drug-likeness (QED) is 0.0811. The summed E-state index contributed by atoms with van der Waals surface area (Å²) in [5.41, 5.74) is -2.69. The van der Waals surface area contributed by atoms with Gasteiger partial charge in [0, 0.05) is 60.2 Å². The maximum Gasteiger partial charge on any atom is 0.460 e. The van der Waals surface area contributed by atoms with Crippen LogP contribution >= 0.6 is 0 Å². The van der Waals surface area contributed by atoms with Crippen LogP contribution in [0.3, 0.4) is 0 Å². The fourth-order valence-corrected chi connectivity index (χ4v) is 7.00. The molecule has 6 rings (SSSR count). The largest absolute Gasteiger partial charge is 0.508 e. The molecule has 3 aromatic rings. The number of phenolic OH excluding ortho intramolecular Hbond substituents is 2. The van der Waals surface area contributed by atoms with Gasteiger partial charge in [0.1, 0.15) is 23.0 Å². The topological polar surface area (TPSA) is 169 Å². The Morgan fingerprint density at radius 1 is 0.657 bits per heavy atom. The first-order valence-corrected chi connectivity index (χ1v) is 18.3. The highest BCUT2D eigenvalue weighted by molar-refractivity contribution is 6.03. The molecule has 1 atom stereocenters. The molecule has 0 aliphatic carbocycles. The van der Waals surface area contributed by atoms with Gasteiger partial charge in [-0.3, -0.25) is 14.4 Å². The Labute approximate surface area is 360 Å². The summed E-state index contributed by atoms with van der Waals surface area (Å²) in [6.07, 6.45) is -14.5. The molecule has 3 aromatic carbocycles. The smallest absolute Gasteiger partial charge is 0.460 e. The van der Waals surface area contributed by atoms with Crippen LogP contribution in [-0.4, -0.2) is 99.1 Å². The highest BCUT2D eigenvalue weighted by Crippen LogP contribution is 2.64. The SMILES string of the molecule is O=C(NCC(CCC(F)(F)C(F)(F)C(F)(F)C(F)(F)C(F)(F)C(F)(F)C(F)(F)C(F)(F)F)C(=O)ON1C(=O)CCC1=O)c1ccc2c(c1)C(=O)OC21c2ccc(O)cc2Oc2cc(O)ccc21. The minimum Gasteiger partial charge on any atom is -0.508 e. The van der Waals surface area contributed by atoms with Crippen LogP contribution < -0.4 is 10.1 Å². The van der Waals surface area contributed by atoms with E-state index in [2.05, 4.69) is 4.84 Å². The Bertz CT molecular complexity index is 2500.